The van der Waals surface area contributed by atoms with E-state index in [0.29, 0.717) is 22.8 Å². The van der Waals surface area contributed by atoms with Gasteiger partial charge in [0, 0.05) is 12.1 Å². The fourth-order valence-electron chi connectivity index (χ4n) is 2.90. The Balaban J connectivity index is 2.08. The second kappa shape index (κ2) is 6.88. The summed E-state index contributed by atoms with van der Waals surface area (Å²) < 4.78 is 0. The average molecular weight is 298 g/mol. The van der Waals surface area contributed by atoms with Crippen LogP contribution < -0.4 is 5.32 Å². The normalized spacial score (nSPS) is 17.7. The van der Waals surface area contributed by atoms with Crippen molar-refractivity contribution in [3.8, 4) is 0 Å². The molecule has 0 spiro atoms. The summed E-state index contributed by atoms with van der Waals surface area (Å²) in [7, 11) is 0. The third-order valence-electron chi connectivity index (χ3n) is 4.02. The van der Waals surface area contributed by atoms with Crippen LogP contribution in [0.25, 0.3) is 0 Å². The van der Waals surface area contributed by atoms with Crippen LogP contribution in [0.15, 0.2) is 12.3 Å². The Morgan fingerprint density at radius 2 is 2.20 bits per heavy atom. The van der Waals surface area contributed by atoms with E-state index >= 15 is 0 Å². The molecule has 1 saturated carbocycles. The number of halogens is 1. The Morgan fingerprint density at radius 3 is 2.75 bits per heavy atom. The minimum Gasteiger partial charge on any atom is -0.366 e. The van der Waals surface area contributed by atoms with Gasteiger partial charge >= 0.3 is 0 Å². The highest BCUT2D eigenvalue weighted by Crippen LogP contribution is 2.31. The first kappa shape index (κ1) is 15.0. The highest BCUT2D eigenvalue weighted by molar-refractivity contribution is 6.33. The zero-order chi connectivity index (χ0) is 14.5. The number of nitrogens with zero attached hydrogens (tertiary/aromatic N) is 2. The largest absolute Gasteiger partial charge is 0.366 e. The van der Waals surface area contributed by atoms with E-state index in [0.717, 1.165) is 6.42 Å². The number of hydrogen-bond acceptors (Lipinski definition) is 4. The van der Waals surface area contributed by atoms with Gasteiger partial charge in [0.25, 0.3) is 5.69 Å². The quantitative estimate of drug-likeness (QED) is 0.645. The second-order valence-electron chi connectivity index (χ2n) is 5.34. The van der Waals surface area contributed by atoms with Gasteiger partial charge in [0.05, 0.1) is 9.95 Å². The molecule has 2 rings (SSSR count). The van der Waals surface area contributed by atoms with Crippen molar-refractivity contribution in [3.63, 3.8) is 0 Å². The molecule has 1 aromatic rings. The van der Waals surface area contributed by atoms with Crippen LogP contribution in [0.4, 0.5) is 11.5 Å². The number of pyridine rings is 1. The molecular weight excluding hydrogens is 278 g/mol. The van der Waals surface area contributed by atoms with Crippen molar-refractivity contribution in [2.24, 2.45) is 5.92 Å². The molecule has 1 aliphatic carbocycles. The van der Waals surface area contributed by atoms with Crippen LogP contribution in [-0.2, 0) is 0 Å². The summed E-state index contributed by atoms with van der Waals surface area (Å²) in [6.07, 6.45) is 8.60. The third kappa shape index (κ3) is 3.60. The van der Waals surface area contributed by atoms with Gasteiger partial charge in [0.1, 0.15) is 12.0 Å². The van der Waals surface area contributed by atoms with E-state index in [-0.39, 0.29) is 5.69 Å². The number of nitrogens with one attached hydrogen (secondary N) is 1. The Labute approximate surface area is 123 Å². The molecule has 0 saturated heterocycles. The van der Waals surface area contributed by atoms with Crippen molar-refractivity contribution in [2.75, 3.05) is 5.32 Å². The van der Waals surface area contributed by atoms with Crippen molar-refractivity contribution in [1.82, 2.24) is 4.98 Å². The van der Waals surface area contributed by atoms with Crippen molar-refractivity contribution >= 4 is 23.1 Å². The molecule has 0 aliphatic heterocycles. The molecule has 1 heterocycles. The van der Waals surface area contributed by atoms with Crippen LogP contribution in [0.3, 0.4) is 0 Å². The summed E-state index contributed by atoms with van der Waals surface area (Å²) in [5.41, 5.74) is -0.0775. The fraction of sp³-hybridized carbons (Fsp3) is 0.643. The second-order valence-corrected chi connectivity index (χ2v) is 5.75. The Kier molecular flexibility index (Phi) is 5.17. The minimum absolute atomic E-state index is 0.0775. The van der Waals surface area contributed by atoms with Gasteiger partial charge < -0.3 is 5.32 Å². The number of anilines is 1. The smallest absolute Gasteiger partial charge is 0.289 e. The number of rotatable bonds is 5. The zero-order valence-electron chi connectivity index (χ0n) is 11.6. The SMILES string of the molecule is CCC(Nc1ncc([N+](=O)[O-])cc1Cl)C1CCCCC1. The molecule has 1 atom stereocenters. The summed E-state index contributed by atoms with van der Waals surface area (Å²) in [6.45, 7) is 2.14. The van der Waals surface area contributed by atoms with Crippen LogP contribution in [0, 0.1) is 16.0 Å². The van der Waals surface area contributed by atoms with Gasteiger partial charge in [0.15, 0.2) is 0 Å². The zero-order valence-corrected chi connectivity index (χ0v) is 12.4. The Morgan fingerprint density at radius 1 is 1.50 bits per heavy atom. The maximum Gasteiger partial charge on any atom is 0.289 e. The molecular formula is C14H20ClN3O2. The standard InChI is InChI=1S/C14H20ClN3O2/c1-2-13(10-6-4-3-5-7-10)17-14-12(15)8-11(9-16-14)18(19)20/h8-10,13H,2-7H2,1H3,(H,16,17). The summed E-state index contributed by atoms with van der Waals surface area (Å²) in [4.78, 5) is 14.3. The van der Waals surface area contributed by atoms with Crippen LogP contribution in [0.1, 0.15) is 45.4 Å². The number of hydrogen-bond donors (Lipinski definition) is 1. The van der Waals surface area contributed by atoms with E-state index in [9.17, 15) is 10.1 Å². The third-order valence-corrected chi connectivity index (χ3v) is 4.31. The Hall–Kier alpha value is -1.36. The molecule has 1 unspecified atom stereocenters. The highest BCUT2D eigenvalue weighted by atomic mass is 35.5. The highest BCUT2D eigenvalue weighted by Gasteiger charge is 2.23. The van der Waals surface area contributed by atoms with E-state index in [2.05, 4.69) is 17.2 Å². The summed E-state index contributed by atoms with van der Waals surface area (Å²) in [5.74, 6) is 1.19. The molecule has 110 valence electrons. The van der Waals surface area contributed by atoms with Crippen molar-refractivity contribution in [3.05, 3.63) is 27.4 Å². The maximum absolute atomic E-state index is 10.7. The lowest BCUT2D eigenvalue weighted by atomic mass is 9.83. The van der Waals surface area contributed by atoms with Gasteiger partial charge in [-0.25, -0.2) is 4.98 Å². The van der Waals surface area contributed by atoms with Crippen LogP contribution >= 0.6 is 11.6 Å². The predicted octanol–water partition coefficient (Wildman–Crippen LogP) is 4.41. The van der Waals surface area contributed by atoms with Gasteiger partial charge in [-0.05, 0) is 25.2 Å². The number of aromatic nitrogens is 1. The van der Waals surface area contributed by atoms with E-state index in [1.54, 1.807) is 0 Å². The molecule has 1 aliphatic rings. The molecule has 20 heavy (non-hydrogen) atoms. The molecule has 5 nitrogen and oxygen atoms in total. The fourth-order valence-corrected chi connectivity index (χ4v) is 3.11. The van der Waals surface area contributed by atoms with Gasteiger partial charge in [-0.1, -0.05) is 37.8 Å². The molecule has 1 aromatic heterocycles. The maximum atomic E-state index is 10.7. The molecule has 1 fully saturated rings. The lowest BCUT2D eigenvalue weighted by Crippen LogP contribution is -2.30. The molecule has 1 N–H and O–H groups in total. The van der Waals surface area contributed by atoms with E-state index < -0.39 is 4.92 Å². The minimum atomic E-state index is -0.485. The average Bonchev–Trinajstić information content (AvgIpc) is 2.46. The van der Waals surface area contributed by atoms with Gasteiger partial charge in [-0.2, -0.15) is 0 Å². The van der Waals surface area contributed by atoms with Crippen molar-refractivity contribution in [1.29, 1.82) is 0 Å². The van der Waals surface area contributed by atoms with Crippen LogP contribution in [-0.4, -0.2) is 15.9 Å². The van der Waals surface area contributed by atoms with E-state index in [4.69, 9.17) is 11.6 Å². The van der Waals surface area contributed by atoms with Gasteiger partial charge in [0.2, 0.25) is 0 Å². The van der Waals surface area contributed by atoms with Crippen molar-refractivity contribution in [2.45, 2.75) is 51.5 Å². The lowest BCUT2D eigenvalue weighted by Gasteiger charge is -2.30. The predicted molar refractivity (Wildman–Crippen MR) is 80.2 cm³/mol. The molecule has 0 aromatic carbocycles. The Bertz CT molecular complexity index is 475. The first-order valence-electron chi connectivity index (χ1n) is 7.18. The monoisotopic (exact) mass is 297 g/mol. The van der Waals surface area contributed by atoms with E-state index in [1.165, 1.54) is 44.4 Å². The van der Waals surface area contributed by atoms with Gasteiger partial charge in [-0.15, -0.1) is 0 Å². The first-order valence-corrected chi connectivity index (χ1v) is 7.56. The van der Waals surface area contributed by atoms with Crippen LogP contribution in [0.2, 0.25) is 5.02 Å². The summed E-state index contributed by atoms with van der Waals surface area (Å²) in [5, 5.41) is 14.4. The first-order chi connectivity index (χ1) is 9.61. The summed E-state index contributed by atoms with van der Waals surface area (Å²) in [6, 6.07) is 1.69. The molecule has 0 amide bonds. The lowest BCUT2D eigenvalue weighted by molar-refractivity contribution is -0.385. The molecule has 0 bridgehead atoms. The van der Waals surface area contributed by atoms with E-state index in [1.807, 2.05) is 0 Å². The summed E-state index contributed by atoms with van der Waals surface area (Å²) >= 11 is 6.08. The van der Waals surface area contributed by atoms with Gasteiger partial charge in [-0.3, -0.25) is 10.1 Å². The van der Waals surface area contributed by atoms with Crippen LogP contribution in [0.5, 0.6) is 0 Å². The topological polar surface area (TPSA) is 68.1 Å². The molecule has 0 radical (unpaired) electrons. The number of nitro groups is 1. The van der Waals surface area contributed by atoms with Crippen molar-refractivity contribution < 1.29 is 4.92 Å². The molecule has 6 heteroatoms.